The highest BCUT2D eigenvalue weighted by Crippen LogP contribution is 2.24. The third kappa shape index (κ3) is 2.20. The Balaban J connectivity index is 2.87. The number of methoxy groups -OCH3 is 1. The summed E-state index contributed by atoms with van der Waals surface area (Å²) in [4.78, 5) is 0. The predicted octanol–water partition coefficient (Wildman–Crippen LogP) is 0.368. The molecule has 1 aromatic heterocycles. The van der Waals surface area contributed by atoms with E-state index in [4.69, 9.17) is 0 Å². The van der Waals surface area contributed by atoms with Crippen molar-refractivity contribution < 1.29 is 18.3 Å². The summed E-state index contributed by atoms with van der Waals surface area (Å²) in [7, 11) is 1.27. The van der Waals surface area contributed by atoms with Gasteiger partial charge in [0.15, 0.2) is 0 Å². The third-order valence-electron chi connectivity index (χ3n) is 1.17. The number of hydrogen-bond donors (Lipinski definition) is 0. The van der Waals surface area contributed by atoms with Crippen molar-refractivity contribution in [1.29, 1.82) is 0 Å². The van der Waals surface area contributed by atoms with Gasteiger partial charge in [0.05, 0.1) is 7.11 Å². The van der Waals surface area contributed by atoms with Crippen molar-refractivity contribution in [2.45, 2.75) is 0 Å². The molecule has 7 heteroatoms. The number of nitrogens with zero attached hydrogens (tertiary/aromatic N) is 3. The fourth-order valence-electron chi connectivity index (χ4n) is 0.677. The lowest BCUT2D eigenvalue weighted by Crippen LogP contribution is -2.06. The van der Waals surface area contributed by atoms with Gasteiger partial charge in [-0.1, -0.05) is 10.2 Å². The molecule has 0 aliphatic heterocycles. The van der Waals surface area contributed by atoms with Gasteiger partial charge in [0.25, 0.3) is 11.8 Å². The molecule has 0 aromatic carbocycles. The van der Waals surface area contributed by atoms with Crippen LogP contribution in [0.5, 0.6) is 11.6 Å². The second-order valence-electron chi connectivity index (χ2n) is 1.96. The van der Waals surface area contributed by atoms with Crippen LogP contribution in [-0.2, 0) is 0 Å². The Morgan fingerprint density at radius 1 is 1.38 bits per heavy atom. The zero-order valence-corrected chi connectivity index (χ0v) is 6.83. The molecule has 0 saturated heterocycles. The van der Waals surface area contributed by atoms with E-state index in [0.29, 0.717) is 0 Å². The van der Waals surface area contributed by atoms with Crippen LogP contribution in [0.15, 0.2) is 0 Å². The molecule has 72 valence electrons. The quantitative estimate of drug-likeness (QED) is 0.688. The molecule has 1 rings (SSSR count). The maximum absolute atomic E-state index is 12.8. The van der Waals surface area contributed by atoms with Crippen molar-refractivity contribution >= 4 is 0 Å². The molecule has 0 unspecified atom stereocenters. The minimum Gasteiger partial charge on any atom is -0.482 e. The Bertz CT molecular complexity index is 285. The summed E-state index contributed by atoms with van der Waals surface area (Å²) in [6.07, 6.45) is 0. The Hall–Kier alpha value is -1.53. The van der Waals surface area contributed by atoms with Gasteiger partial charge in [-0.05, 0) is 5.21 Å². The van der Waals surface area contributed by atoms with Gasteiger partial charge in [0.1, 0.15) is 13.3 Å². The number of hydrogen-bond acceptors (Lipinski definition) is 5. The van der Waals surface area contributed by atoms with Gasteiger partial charge in [0.2, 0.25) is 5.75 Å². The Morgan fingerprint density at radius 2 is 2.15 bits per heavy atom. The number of rotatable bonds is 4. The van der Waals surface area contributed by atoms with Gasteiger partial charge >= 0.3 is 0 Å². The van der Waals surface area contributed by atoms with Crippen LogP contribution in [-0.4, -0.2) is 35.8 Å². The molecular formula is C6H7F2N3O2. The molecule has 0 saturated carbocycles. The molecule has 0 spiro atoms. The monoisotopic (exact) mass is 191 g/mol. The average molecular weight is 191 g/mol. The first-order valence-electron chi connectivity index (χ1n) is 3.41. The van der Waals surface area contributed by atoms with Crippen LogP contribution in [0.3, 0.4) is 0 Å². The molecule has 5 nitrogen and oxygen atoms in total. The van der Waals surface area contributed by atoms with E-state index in [9.17, 15) is 8.78 Å². The van der Waals surface area contributed by atoms with Gasteiger partial charge in [-0.3, -0.25) is 0 Å². The summed E-state index contributed by atoms with van der Waals surface area (Å²) in [5.41, 5.74) is 0. The highest BCUT2D eigenvalue weighted by atomic mass is 19.1. The van der Waals surface area contributed by atoms with Crippen LogP contribution in [0.25, 0.3) is 0 Å². The maximum Gasteiger partial charge on any atom is 0.282 e. The Kier molecular flexibility index (Phi) is 3.30. The molecule has 13 heavy (non-hydrogen) atoms. The summed E-state index contributed by atoms with van der Waals surface area (Å²) in [5.74, 6) is -1.45. The molecule has 0 aliphatic carbocycles. The van der Waals surface area contributed by atoms with E-state index in [2.05, 4.69) is 24.9 Å². The molecule has 0 bridgehead atoms. The zero-order chi connectivity index (χ0) is 9.68. The lowest BCUT2D eigenvalue weighted by Gasteiger charge is -2.06. The maximum atomic E-state index is 12.8. The van der Waals surface area contributed by atoms with Gasteiger partial charge in [0, 0.05) is 0 Å². The largest absolute Gasteiger partial charge is 0.482 e. The first-order chi connectivity index (χ1) is 6.29. The van der Waals surface area contributed by atoms with Crippen LogP contribution < -0.4 is 9.47 Å². The van der Waals surface area contributed by atoms with Gasteiger partial charge in [-0.25, -0.2) is 4.39 Å². The summed E-state index contributed by atoms with van der Waals surface area (Å²) in [6.45, 7) is -1.01. The minimum absolute atomic E-state index is 0.152. The van der Waals surface area contributed by atoms with E-state index in [-0.39, 0.29) is 18.2 Å². The van der Waals surface area contributed by atoms with Crippen LogP contribution in [0, 0.1) is 5.95 Å². The van der Waals surface area contributed by atoms with Gasteiger partial charge in [-0.2, -0.15) is 4.39 Å². The number of aromatic nitrogens is 3. The highest BCUT2D eigenvalue weighted by Gasteiger charge is 2.14. The fourth-order valence-corrected chi connectivity index (χ4v) is 0.677. The van der Waals surface area contributed by atoms with E-state index in [1.54, 1.807) is 0 Å². The van der Waals surface area contributed by atoms with Crippen molar-refractivity contribution in [3.8, 4) is 11.6 Å². The van der Waals surface area contributed by atoms with E-state index in [1.165, 1.54) is 7.11 Å². The van der Waals surface area contributed by atoms with Crippen LogP contribution >= 0.6 is 0 Å². The lowest BCUT2D eigenvalue weighted by molar-refractivity contribution is 0.238. The van der Waals surface area contributed by atoms with E-state index in [1.807, 2.05) is 0 Å². The van der Waals surface area contributed by atoms with Gasteiger partial charge in [-0.15, -0.1) is 0 Å². The van der Waals surface area contributed by atoms with Crippen LogP contribution in [0.1, 0.15) is 0 Å². The number of ether oxygens (including phenoxy) is 2. The SMILES string of the molecule is COc1nnnc(F)c1OCCF. The first kappa shape index (κ1) is 9.56. The fraction of sp³-hybridized carbons (Fsp3) is 0.500. The van der Waals surface area contributed by atoms with Crippen molar-refractivity contribution in [3.05, 3.63) is 5.95 Å². The zero-order valence-electron chi connectivity index (χ0n) is 6.83. The van der Waals surface area contributed by atoms with Crippen LogP contribution in [0.2, 0.25) is 0 Å². The molecule has 0 amide bonds. The molecule has 0 aliphatic rings. The molecule has 1 aromatic rings. The summed E-state index contributed by atoms with van der Waals surface area (Å²) in [5, 5.41) is 9.38. The average Bonchev–Trinajstić information content (AvgIpc) is 2.15. The lowest BCUT2D eigenvalue weighted by atomic mass is 10.5. The van der Waals surface area contributed by atoms with Gasteiger partial charge < -0.3 is 9.47 Å². The normalized spacial score (nSPS) is 9.77. The smallest absolute Gasteiger partial charge is 0.282 e. The highest BCUT2D eigenvalue weighted by molar-refractivity contribution is 5.29. The van der Waals surface area contributed by atoms with Crippen molar-refractivity contribution in [2.75, 3.05) is 20.4 Å². The number of halogens is 2. The molecule has 1 heterocycles. The van der Waals surface area contributed by atoms with Crippen molar-refractivity contribution in [1.82, 2.24) is 15.4 Å². The van der Waals surface area contributed by atoms with Crippen molar-refractivity contribution in [2.24, 2.45) is 0 Å². The summed E-state index contributed by atoms with van der Waals surface area (Å²) >= 11 is 0. The molecule has 0 N–H and O–H groups in total. The third-order valence-corrected chi connectivity index (χ3v) is 1.17. The second-order valence-corrected chi connectivity index (χ2v) is 1.96. The molecule has 0 fully saturated rings. The second kappa shape index (κ2) is 4.48. The van der Waals surface area contributed by atoms with Crippen molar-refractivity contribution in [3.63, 3.8) is 0 Å². The summed E-state index contributed by atoms with van der Waals surface area (Å²) in [6, 6.07) is 0. The standard InChI is InChI=1S/C6H7F2N3O2/c1-12-6-4(13-3-2-7)5(8)9-11-10-6/h2-3H2,1H3. The Labute approximate surface area is 72.7 Å². The number of alkyl halides is 1. The molecule has 0 atom stereocenters. The van der Waals surface area contributed by atoms with E-state index in [0.717, 1.165) is 0 Å². The topological polar surface area (TPSA) is 57.1 Å². The molecular weight excluding hydrogens is 184 g/mol. The predicted molar refractivity (Wildman–Crippen MR) is 37.8 cm³/mol. The van der Waals surface area contributed by atoms with E-state index < -0.39 is 12.6 Å². The summed E-state index contributed by atoms with van der Waals surface area (Å²) < 4.78 is 33.8. The molecule has 0 radical (unpaired) electrons. The minimum atomic E-state index is -0.972. The van der Waals surface area contributed by atoms with Crippen LogP contribution in [0.4, 0.5) is 8.78 Å². The Morgan fingerprint density at radius 3 is 2.77 bits per heavy atom. The van der Waals surface area contributed by atoms with E-state index >= 15 is 0 Å². The first-order valence-corrected chi connectivity index (χ1v) is 3.41.